The summed E-state index contributed by atoms with van der Waals surface area (Å²) >= 11 is 0. The molecule has 13 nitrogen and oxygen atoms in total. The van der Waals surface area contributed by atoms with E-state index in [0.717, 1.165) is 101 Å². The van der Waals surface area contributed by atoms with Crippen LogP contribution in [0.15, 0.2) is 67.3 Å². The Morgan fingerprint density at radius 1 is 0.860 bits per heavy atom. The number of nitrogens with zero attached hydrogens (tertiary/aromatic N) is 9. The second-order valence-electron chi connectivity index (χ2n) is 13.0. The van der Waals surface area contributed by atoms with Crippen molar-refractivity contribution in [3.63, 3.8) is 0 Å². The zero-order chi connectivity index (χ0) is 33.9. The summed E-state index contributed by atoms with van der Waals surface area (Å²) in [5.74, 6) is 0.560. The van der Waals surface area contributed by atoms with E-state index in [-0.39, 0.29) is 17.8 Å². The van der Waals surface area contributed by atoms with E-state index in [1.165, 1.54) is 12.1 Å². The Bertz CT molecular complexity index is 1930. The first-order chi connectivity index (χ1) is 24.6. The molecule has 5 aromatic rings. The van der Waals surface area contributed by atoms with Gasteiger partial charge in [0.2, 0.25) is 0 Å². The van der Waals surface area contributed by atoms with Crippen molar-refractivity contribution in [3.05, 3.63) is 78.6 Å². The van der Waals surface area contributed by atoms with E-state index in [1.807, 2.05) is 18.5 Å². The number of carbonyl (C=O) groups is 1. The van der Waals surface area contributed by atoms with Crippen molar-refractivity contribution in [1.82, 2.24) is 38.9 Å². The van der Waals surface area contributed by atoms with Crippen molar-refractivity contribution in [2.45, 2.75) is 18.9 Å². The Hall–Kier alpha value is -4.76. The third kappa shape index (κ3) is 7.10. The number of hydrogen-bond acceptors (Lipinski definition) is 10. The molecule has 3 aliphatic heterocycles. The third-order valence-electron chi connectivity index (χ3n) is 9.85. The number of rotatable bonds is 9. The molecule has 3 saturated heterocycles. The number of likely N-dealkylation sites (tertiary alicyclic amines) is 1. The van der Waals surface area contributed by atoms with Crippen molar-refractivity contribution in [1.29, 1.82) is 0 Å². The number of amides is 1. The molecule has 260 valence electrons. The van der Waals surface area contributed by atoms with Gasteiger partial charge < -0.3 is 29.2 Å². The molecule has 0 unspecified atom stereocenters. The predicted molar refractivity (Wildman–Crippen MR) is 187 cm³/mol. The molecule has 0 spiro atoms. The van der Waals surface area contributed by atoms with Gasteiger partial charge in [0.15, 0.2) is 11.5 Å². The van der Waals surface area contributed by atoms with Crippen LogP contribution in [0.4, 0.5) is 16.0 Å². The highest BCUT2D eigenvalue weighted by atomic mass is 19.1. The van der Waals surface area contributed by atoms with Crippen LogP contribution in [0.3, 0.4) is 0 Å². The Morgan fingerprint density at radius 3 is 2.34 bits per heavy atom. The van der Waals surface area contributed by atoms with Gasteiger partial charge in [-0.05, 0) is 61.4 Å². The van der Waals surface area contributed by atoms with Gasteiger partial charge in [-0.3, -0.25) is 9.69 Å². The highest BCUT2D eigenvalue weighted by Gasteiger charge is 2.27. The van der Waals surface area contributed by atoms with Crippen molar-refractivity contribution in [2.24, 2.45) is 0 Å². The Balaban J connectivity index is 1.02. The van der Waals surface area contributed by atoms with Gasteiger partial charge in [-0.2, -0.15) is 5.10 Å². The lowest BCUT2D eigenvalue weighted by molar-refractivity contribution is 0.0316. The summed E-state index contributed by atoms with van der Waals surface area (Å²) < 4.78 is 28.8. The molecule has 7 heterocycles. The number of nitrogens with one attached hydrogen (secondary N) is 1. The van der Waals surface area contributed by atoms with Crippen LogP contribution in [0.1, 0.15) is 29.2 Å². The maximum Gasteiger partial charge on any atom is 0.257 e. The van der Waals surface area contributed by atoms with Crippen LogP contribution in [0.2, 0.25) is 0 Å². The van der Waals surface area contributed by atoms with Gasteiger partial charge in [0.1, 0.15) is 17.3 Å². The smallest absolute Gasteiger partial charge is 0.257 e. The van der Waals surface area contributed by atoms with Crippen molar-refractivity contribution in [3.8, 4) is 22.6 Å². The van der Waals surface area contributed by atoms with E-state index in [9.17, 15) is 9.18 Å². The van der Waals surface area contributed by atoms with Crippen LogP contribution in [-0.4, -0.2) is 124 Å². The third-order valence-corrected chi connectivity index (χ3v) is 9.85. The maximum absolute atomic E-state index is 13.9. The number of fused-ring (bicyclic) bond motifs is 1. The lowest BCUT2D eigenvalue weighted by Crippen LogP contribution is -2.43. The minimum absolute atomic E-state index is 0.240. The molecule has 14 heteroatoms. The standard InChI is InChI=1S/C36H41FN10O3/c37-28-3-1-26(2-4-28)34-35(46(25-39-34)29-8-11-43(12-9-29)13-14-44-15-19-49-20-16-44)30-5-6-32-40-31(24-47(32)42-30)41-36(48)27-7-10-38-33(23-27)45-17-21-50-22-18-45/h1-7,10,23-25,29H,8-9,11-22H2,(H,41,48). The fraction of sp³-hybridized carbons (Fsp3) is 0.417. The SMILES string of the molecule is O=C(Nc1cn2nc(-c3c(-c4ccc(F)cc4)ncn3C3CCN(CCN4CCOCC4)CC3)ccc2n1)c1ccnc(N2CCOCC2)c1. The summed E-state index contributed by atoms with van der Waals surface area (Å²) in [4.78, 5) is 34.3. The van der Waals surface area contributed by atoms with Crippen LogP contribution in [0.25, 0.3) is 28.3 Å². The number of halogens is 1. The number of carbonyl (C=O) groups excluding carboxylic acids is 1. The topological polar surface area (TPSA) is 118 Å². The lowest BCUT2D eigenvalue weighted by atomic mass is 10.0. The molecule has 0 radical (unpaired) electrons. The number of imidazole rings is 2. The molecule has 3 aliphatic rings. The van der Waals surface area contributed by atoms with Crippen LogP contribution >= 0.6 is 0 Å². The Morgan fingerprint density at radius 2 is 1.58 bits per heavy atom. The largest absolute Gasteiger partial charge is 0.379 e. The van der Waals surface area contributed by atoms with Crippen LogP contribution in [-0.2, 0) is 9.47 Å². The molecule has 8 rings (SSSR count). The van der Waals surface area contributed by atoms with E-state index < -0.39 is 0 Å². The number of benzene rings is 1. The first-order valence-corrected chi connectivity index (χ1v) is 17.4. The molecule has 3 fully saturated rings. The Labute approximate surface area is 289 Å². The number of hydrogen-bond donors (Lipinski definition) is 1. The van der Waals surface area contributed by atoms with Gasteiger partial charge in [0.05, 0.1) is 50.3 Å². The van der Waals surface area contributed by atoms with E-state index in [2.05, 4.69) is 34.6 Å². The summed E-state index contributed by atoms with van der Waals surface area (Å²) in [7, 11) is 0. The number of aromatic nitrogens is 6. The number of pyridine rings is 1. The minimum atomic E-state index is -0.296. The fourth-order valence-corrected chi connectivity index (χ4v) is 7.02. The lowest BCUT2D eigenvalue weighted by Gasteiger charge is -2.35. The fourth-order valence-electron chi connectivity index (χ4n) is 7.02. The zero-order valence-corrected chi connectivity index (χ0v) is 28.0. The first kappa shape index (κ1) is 32.4. The zero-order valence-electron chi connectivity index (χ0n) is 28.0. The highest BCUT2D eigenvalue weighted by molar-refractivity contribution is 6.04. The average Bonchev–Trinajstić information content (AvgIpc) is 3.79. The molecule has 0 saturated carbocycles. The van der Waals surface area contributed by atoms with Crippen LogP contribution in [0, 0.1) is 5.82 Å². The number of morpholine rings is 2. The van der Waals surface area contributed by atoms with Crippen molar-refractivity contribution in [2.75, 3.05) is 89.0 Å². The molecule has 1 N–H and O–H groups in total. The quantitative estimate of drug-likeness (QED) is 0.246. The monoisotopic (exact) mass is 680 g/mol. The second kappa shape index (κ2) is 14.6. The van der Waals surface area contributed by atoms with Gasteiger partial charge in [0, 0.05) is 75.7 Å². The summed E-state index contributed by atoms with van der Waals surface area (Å²) in [6.45, 7) is 10.5. The van der Waals surface area contributed by atoms with Gasteiger partial charge in [-0.1, -0.05) is 0 Å². The van der Waals surface area contributed by atoms with Gasteiger partial charge in [0.25, 0.3) is 5.91 Å². The summed E-state index contributed by atoms with van der Waals surface area (Å²) in [6, 6.07) is 14.0. The van der Waals surface area contributed by atoms with E-state index in [0.29, 0.717) is 35.9 Å². The Kier molecular flexibility index (Phi) is 9.48. The molecule has 1 aromatic carbocycles. The molecule has 0 atom stereocenters. The van der Waals surface area contributed by atoms with Gasteiger partial charge in [-0.15, -0.1) is 0 Å². The second-order valence-corrected chi connectivity index (χ2v) is 13.0. The molecule has 4 aromatic heterocycles. The van der Waals surface area contributed by atoms with Crippen LogP contribution < -0.4 is 10.2 Å². The highest BCUT2D eigenvalue weighted by Crippen LogP contribution is 2.35. The number of piperidine rings is 1. The molecular weight excluding hydrogens is 639 g/mol. The molecule has 0 bridgehead atoms. The summed E-state index contributed by atoms with van der Waals surface area (Å²) in [6.07, 6.45) is 7.23. The maximum atomic E-state index is 13.9. The van der Waals surface area contributed by atoms with Gasteiger partial charge in [-0.25, -0.2) is 23.9 Å². The van der Waals surface area contributed by atoms with E-state index in [1.54, 1.807) is 41.2 Å². The molecule has 1 amide bonds. The van der Waals surface area contributed by atoms with E-state index in [4.69, 9.17) is 19.6 Å². The molecule has 50 heavy (non-hydrogen) atoms. The minimum Gasteiger partial charge on any atom is -0.379 e. The predicted octanol–water partition coefficient (Wildman–Crippen LogP) is 3.85. The van der Waals surface area contributed by atoms with E-state index >= 15 is 0 Å². The molecule has 0 aliphatic carbocycles. The van der Waals surface area contributed by atoms with Crippen LogP contribution in [0.5, 0.6) is 0 Å². The first-order valence-electron chi connectivity index (χ1n) is 17.4. The van der Waals surface area contributed by atoms with Crippen molar-refractivity contribution < 1.29 is 18.7 Å². The molecular formula is C36H41FN10O3. The average molecular weight is 681 g/mol. The van der Waals surface area contributed by atoms with Gasteiger partial charge >= 0.3 is 0 Å². The number of anilines is 2. The summed E-state index contributed by atoms with van der Waals surface area (Å²) in [5, 5.41) is 7.89. The van der Waals surface area contributed by atoms with Crippen molar-refractivity contribution >= 4 is 23.2 Å². The summed E-state index contributed by atoms with van der Waals surface area (Å²) in [5.41, 5.74) is 4.23. The normalized spacial score (nSPS) is 18.1. The number of ether oxygens (including phenoxy) is 2.